The number of para-hydroxylation sites is 1. The van der Waals surface area contributed by atoms with Crippen LogP contribution in [0.3, 0.4) is 0 Å². The number of imide groups is 1. The van der Waals surface area contributed by atoms with Crippen molar-refractivity contribution in [1.82, 2.24) is 14.7 Å². The van der Waals surface area contributed by atoms with E-state index < -0.39 is 18.2 Å². The second-order valence-electron chi connectivity index (χ2n) is 6.38. The molecule has 26 heavy (non-hydrogen) atoms. The predicted octanol–water partition coefficient (Wildman–Crippen LogP) is 1.95. The van der Waals surface area contributed by atoms with Crippen molar-refractivity contribution in [2.24, 2.45) is 4.99 Å². The number of aliphatic imine (C=N–C) groups is 1. The minimum atomic E-state index is -0.667. The summed E-state index contributed by atoms with van der Waals surface area (Å²) >= 11 is 0. The smallest absolute Gasteiger partial charge is 0.302 e. The van der Waals surface area contributed by atoms with Gasteiger partial charge in [-0.05, 0) is 19.1 Å². The topological polar surface area (TPSA) is 59.5 Å². The minimum Gasteiger partial charge on any atom is -0.302 e. The fourth-order valence-electron chi connectivity index (χ4n) is 3.58. The number of hydrogen-bond donors (Lipinski definition) is 0. The zero-order valence-electron chi connectivity index (χ0n) is 14.5. The first-order valence-corrected chi connectivity index (χ1v) is 8.24. The third-order valence-electron chi connectivity index (χ3n) is 4.79. The van der Waals surface area contributed by atoms with Crippen LogP contribution in [0.1, 0.15) is 6.92 Å². The number of urea groups is 1. The standard InChI is InChI=1S/C18H18FN5O2/c1-4-9-22-16(25)14-15(21(3)18(22)26)20-17-23(14)10-11(2)24(17)13-8-6-5-7-12(13)19/h4-8,10,14-15H,1,9H2,2-3H3. The van der Waals surface area contributed by atoms with Crippen LogP contribution in [-0.2, 0) is 4.79 Å². The lowest BCUT2D eigenvalue weighted by molar-refractivity contribution is -0.136. The highest BCUT2D eigenvalue weighted by Crippen LogP contribution is 2.37. The maximum absolute atomic E-state index is 14.3. The SMILES string of the molecule is C=CCN1C(=O)C2C(N=C3N(c4ccccc4F)C(C)=CN32)N(C)C1=O. The molecule has 0 aliphatic carbocycles. The van der Waals surface area contributed by atoms with E-state index in [1.54, 1.807) is 41.2 Å². The number of likely N-dealkylation sites (N-methyl/N-ethyl adjacent to an activating group) is 1. The lowest BCUT2D eigenvalue weighted by atomic mass is 10.1. The highest BCUT2D eigenvalue weighted by atomic mass is 19.1. The zero-order valence-corrected chi connectivity index (χ0v) is 14.5. The van der Waals surface area contributed by atoms with Gasteiger partial charge < -0.3 is 9.80 Å². The van der Waals surface area contributed by atoms with Crippen LogP contribution in [0.2, 0.25) is 0 Å². The Morgan fingerprint density at radius 1 is 1.31 bits per heavy atom. The quantitative estimate of drug-likeness (QED) is 0.778. The predicted molar refractivity (Wildman–Crippen MR) is 94.6 cm³/mol. The van der Waals surface area contributed by atoms with Gasteiger partial charge in [-0.25, -0.2) is 14.2 Å². The van der Waals surface area contributed by atoms with E-state index in [1.165, 1.54) is 17.0 Å². The number of amides is 3. The van der Waals surface area contributed by atoms with E-state index in [9.17, 15) is 14.0 Å². The molecule has 2 unspecified atom stereocenters. The first-order chi connectivity index (χ1) is 12.5. The number of carbonyl (C=O) groups excluding carboxylic acids is 2. The summed E-state index contributed by atoms with van der Waals surface area (Å²) in [5, 5.41) is 0. The van der Waals surface area contributed by atoms with Crippen molar-refractivity contribution in [3.05, 3.63) is 54.6 Å². The average Bonchev–Trinajstić information content (AvgIpc) is 3.12. The molecule has 1 saturated heterocycles. The summed E-state index contributed by atoms with van der Waals surface area (Å²) in [7, 11) is 1.61. The van der Waals surface area contributed by atoms with Crippen LogP contribution < -0.4 is 4.90 Å². The lowest BCUT2D eigenvalue weighted by Gasteiger charge is -2.39. The summed E-state index contributed by atoms with van der Waals surface area (Å²) < 4.78 is 14.3. The summed E-state index contributed by atoms with van der Waals surface area (Å²) in [6.45, 7) is 5.56. The Morgan fingerprint density at radius 2 is 2.04 bits per heavy atom. The molecule has 0 N–H and O–H groups in total. The van der Waals surface area contributed by atoms with E-state index in [0.717, 1.165) is 10.6 Å². The molecular weight excluding hydrogens is 337 g/mol. The van der Waals surface area contributed by atoms with E-state index in [0.29, 0.717) is 11.6 Å². The number of fused-ring (bicyclic) bond motifs is 3. The fraction of sp³-hybridized carbons (Fsp3) is 0.278. The molecule has 0 spiro atoms. The van der Waals surface area contributed by atoms with Gasteiger partial charge in [0.05, 0.1) is 5.69 Å². The summed E-state index contributed by atoms with van der Waals surface area (Å²) in [6.07, 6.45) is 2.63. The van der Waals surface area contributed by atoms with Crippen LogP contribution in [0.4, 0.5) is 14.9 Å². The van der Waals surface area contributed by atoms with Gasteiger partial charge in [0.2, 0.25) is 5.96 Å². The van der Waals surface area contributed by atoms with E-state index in [1.807, 2.05) is 6.92 Å². The summed E-state index contributed by atoms with van der Waals surface area (Å²) in [6, 6.07) is 5.30. The molecule has 3 heterocycles. The Morgan fingerprint density at radius 3 is 2.73 bits per heavy atom. The molecule has 3 aliphatic rings. The van der Waals surface area contributed by atoms with Crippen molar-refractivity contribution in [3.8, 4) is 0 Å². The number of guanidine groups is 1. The van der Waals surface area contributed by atoms with Crippen LogP contribution >= 0.6 is 0 Å². The highest BCUT2D eigenvalue weighted by molar-refractivity contribution is 6.10. The Balaban J connectivity index is 1.76. The molecular formula is C18H18FN5O2. The molecule has 0 radical (unpaired) electrons. The molecule has 3 amide bonds. The number of benzene rings is 1. The number of allylic oxidation sites excluding steroid dienone is 1. The monoisotopic (exact) mass is 355 g/mol. The molecule has 8 heteroatoms. The fourth-order valence-corrected chi connectivity index (χ4v) is 3.58. The molecule has 2 atom stereocenters. The molecule has 7 nitrogen and oxygen atoms in total. The van der Waals surface area contributed by atoms with Crippen molar-refractivity contribution in [2.45, 2.75) is 19.1 Å². The Hall–Kier alpha value is -3.16. The number of rotatable bonds is 3. The van der Waals surface area contributed by atoms with Gasteiger partial charge in [0.1, 0.15) is 5.82 Å². The number of carbonyl (C=O) groups is 2. The minimum absolute atomic E-state index is 0.133. The van der Waals surface area contributed by atoms with Gasteiger partial charge >= 0.3 is 6.03 Å². The Labute approximate surface area is 150 Å². The van der Waals surface area contributed by atoms with Crippen LogP contribution in [0.25, 0.3) is 0 Å². The molecule has 1 aromatic carbocycles. The Bertz CT molecular complexity index is 880. The van der Waals surface area contributed by atoms with Gasteiger partial charge in [-0.15, -0.1) is 6.58 Å². The van der Waals surface area contributed by atoms with Crippen molar-refractivity contribution in [2.75, 3.05) is 18.5 Å². The second-order valence-corrected chi connectivity index (χ2v) is 6.38. The van der Waals surface area contributed by atoms with Gasteiger partial charge in [-0.1, -0.05) is 18.2 Å². The molecule has 3 aliphatic heterocycles. The first kappa shape index (κ1) is 16.3. The number of hydrogen-bond acceptors (Lipinski definition) is 5. The number of nitrogens with zero attached hydrogens (tertiary/aromatic N) is 5. The molecule has 134 valence electrons. The maximum Gasteiger partial charge on any atom is 0.328 e. The third-order valence-corrected chi connectivity index (χ3v) is 4.79. The van der Waals surface area contributed by atoms with E-state index in [2.05, 4.69) is 11.6 Å². The second kappa shape index (κ2) is 5.69. The average molecular weight is 355 g/mol. The molecule has 1 aromatic rings. The molecule has 4 rings (SSSR count). The van der Waals surface area contributed by atoms with E-state index in [4.69, 9.17) is 0 Å². The van der Waals surface area contributed by atoms with Crippen LogP contribution in [0.5, 0.6) is 0 Å². The van der Waals surface area contributed by atoms with Gasteiger partial charge in [0.15, 0.2) is 12.2 Å². The largest absolute Gasteiger partial charge is 0.328 e. The third kappa shape index (κ3) is 2.08. The normalized spacial score (nSPS) is 24.6. The lowest BCUT2D eigenvalue weighted by Crippen LogP contribution is -2.64. The van der Waals surface area contributed by atoms with Crippen molar-refractivity contribution >= 4 is 23.6 Å². The Kier molecular flexibility index (Phi) is 3.57. The molecule has 0 bridgehead atoms. The van der Waals surface area contributed by atoms with Gasteiger partial charge in [-0.3, -0.25) is 14.6 Å². The highest BCUT2D eigenvalue weighted by Gasteiger charge is 2.54. The molecule has 1 fully saturated rings. The van der Waals surface area contributed by atoms with Crippen molar-refractivity contribution < 1.29 is 14.0 Å². The summed E-state index contributed by atoms with van der Waals surface area (Å²) in [4.78, 5) is 35.9. The van der Waals surface area contributed by atoms with Gasteiger partial charge in [0.25, 0.3) is 5.91 Å². The van der Waals surface area contributed by atoms with Crippen molar-refractivity contribution in [3.63, 3.8) is 0 Å². The number of anilines is 1. The van der Waals surface area contributed by atoms with Crippen LogP contribution in [0, 0.1) is 5.82 Å². The summed E-state index contributed by atoms with van der Waals surface area (Å²) in [5.41, 5.74) is 1.10. The van der Waals surface area contributed by atoms with Crippen LogP contribution in [-0.4, -0.2) is 58.4 Å². The first-order valence-electron chi connectivity index (χ1n) is 8.24. The molecule has 0 saturated carbocycles. The number of halogens is 1. The summed E-state index contributed by atoms with van der Waals surface area (Å²) in [5.74, 6) is -0.282. The molecule has 0 aromatic heterocycles. The van der Waals surface area contributed by atoms with Gasteiger partial charge in [-0.2, -0.15) is 0 Å². The van der Waals surface area contributed by atoms with E-state index >= 15 is 0 Å². The van der Waals surface area contributed by atoms with Crippen molar-refractivity contribution in [1.29, 1.82) is 0 Å². The maximum atomic E-state index is 14.3. The van der Waals surface area contributed by atoms with Gasteiger partial charge in [0, 0.05) is 25.5 Å². The zero-order chi connectivity index (χ0) is 18.6. The van der Waals surface area contributed by atoms with E-state index in [-0.39, 0.29) is 18.3 Å². The van der Waals surface area contributed by atoms with Crippen LogP contribution in [0.15, 0.2) is 53.8 Å².